The van der Waals surface area contributed by atoms with Crippen LogP contribution in [-0.4, -0.2) is 24.2 Å². The predicted molar refractivity (Wildman–Crippen MR) is 71.9 cm³/mol. The van der Waals surface area contributed by atoms with E-state index in [1.165, 1.54) is 0 Å². The summed E-state index contributed by atoms with van der Waals surface area (Å²) in [6, 6.07) is 5.23. The van der Waals surface area contributed by atoms with Gasteiger partial charge in [0, 0.05) is 0 Å². The summed E-state index contributed by atoms with van der Waals surface area (Å²) in [5.41, 5.74) is 7.03. The van der Waals surface area contributed by atoms with Crippen molar-refractivity contribution in [3.63, 3.8) is 0 Å². The minimum absolute atomic E-state index is 0.337. The first-order valence-corrected chi connectivity index (χ1v) is 6.13. The van der Waals surface area contributed by atoms with Gasteiger partial charge in [-0.25, -0.2) is 4.98 Å². The van der Waals surface area contributed by atoms with Gasteiger partial charge >= 0.3 is 0 Å². The van der Waals surface area contributed by atoms with Gasteiger partial charge in [-0.15, -0.1) is 0 Å². The van der Waals surface area contributed by atoms with E-state index in [-0.39, 0.29) is 6.04 Å². The van der Waals surface area contributed by atoms with Gasteiger partial charge in [-0.05, 0) is 33.6 Å². The van der Waals surface area contributed by atoms with Crippen molar-refractivity contribution in [2.75, 3.05) is 14.2 Å². The Balaban J connectivity index is 2.33. The topological polar surface area (TPSA) is 73.2 Å². The number of nitrogens with one attached hydrogen (secondary N) is 1. The second-order valence-corrected chi connectivity index (χ2v) is 4.56. The number of nitrogens with zero attached hydrogens (tertiary/aromatic N) is 1. The third kappa shape index (κ3) is 2.49. The summed E-state index contributed by atoms with van der Waals surface area (Å²) < 4.78 is 11.2. The molecule has 2 rings (SSSR count). The molecule has 0 amide bonds. The molecule has 96 valence electrons. The summed E-state index contributed by atoms with van der Waals surface area (Å²) in [4.78, 5) is 7.24. The van der Waals surface area contributed by atoms with Crippen LogP contribution >= 0.6 is 15.9 Å². The molecule has 0 bridgehead atoms. The maximum Gasteiger partial charge on any atom is 0.161 e. The number of ether oxygens (including phenoxy) is 2. The highest BCUT2D eigenvalue weighted by molar-refractivity contribution is 9.10. The minimum Gasteiger partial charge on any atom is -0.493 e. The van der Waals surface area contributed by atoms with Crippen LogP contribution in [0.1, 0.15) is 17.4 Å². The second kappa shape index (κ2) is 5.41. The number of hydrogen-bond acceptors (Lipinski definition) is 4. The molecule has 0 radical (unpaired) electrons. The van der Waals surface area contributed by atoms with E-state index in [9.17, 15) is 0 Å². The van der Waals surface area contributed by atoms with E-state index in [1.54, 1.807) is 20.4 Å². The molecule has 1 atom stereocenters. The van der Waals surface area contributed by atoms with E-state index in [1.807, 2.05) is 18.2 Å². The largest absolute Gasteiger partial charge is 0.493 e. The minimum atomic E-state index is -0.337. The smallest absolute Gasteiger partial charge is 0.161 e. The fourth-order valence-electron chi connectivity index (χ4n) is 1.68. The fourth-order valence-corrected chi connectivity index (χ4v) is 1.98. The molecule has 5 nitrogen and oxygen atoms in total. The molecular formula is C12H14BrN3O2. The SMILES string of the molecule is COc1ccc(C(N)c2ncc(Br)[nH]2)cc1OC. The predicted octanol–water partition coefficient (Wildman–Crippen LogP) is 2.24. The van der Waals surface area contributed by atoms with Crippen molar-refractivity contribution in [1.29, 1.82) is 0 Å². The van der Waals surface area contributed by atoms with Gasteiger partial charge in [0.25, 0.3) is 0 Å². The summed E-state index contributed by atoms with van der Waals surface area (Å²) >= 11 is 3.31. The zero-order valence-corrected chi connectivity index (χ0v) is 11.7. The fraction of sp³-hybridized carbons (Fsp3) is 0.250. The number of aromatic amines is 1. The lowest BCUT2D eigenvalue weighted by molar-refractivity contribution is 0.354. The van der Waals surface area contributed by atoms with Crippen LogP contribution in [0.3, 0.4) is 0 Å². The molecule has 0 aliphatic heterocycles. The van der Waals surface area contributed by atoms with Crippen molar-refractivity contribution in [3.05, 3.63) is 40.4 Å². The van der Waals surface area contributed by atoms with Gasteiger partial charge < -0.3 is 20.2 Å². The molecule has 1 heterocycles. The molecular weight excluding hydrogens is 298 g/mol. The van der Waals surface area contributed by atoms with Gasteiger partial charge in [0.15, 0.2) is 11.5 Å². The number of rotatable bonds is 4. The third-order valence-electron chi connectivity index (χ3n) is 2.63. The zero-order valence-electron chi connectivity index (χ0n) is 10.1. The average molecular weight is 312 g/mol. The lowest BCUT2D eigenvalue weighted by Gasteiger charge is -2.13. The molecule has 1 aromatic carbocycles. The Kier molecular flexibility index (Phi) is 3.88. The van der Waals surface area contributed by atoms with Crippen LogP contribution < -0.4 is 15.2 Å². The molecule has 6 heteroatoms. The Hall–Kier alpha value is -1.53. The van der Waals surface area contributed by atoms with E-state index >= 15 is 0 Å². The van der Waals surface area contributed by atoms with E-state index in [2.05, 4.69) is 25.9 Å². The van der Waals surface area contributed by atoms with Gasteiger partial charge in [-0.3, -0.25) is 0 Å². The Labute approximate surface area is 113 Å². The van der Waals surface area contributed by atoms with Crippen molar-refractivity contribution in [3.8, 4) is 11.5 Å². The summed E-state index contributed by atoms with van der Waals surface area (Å²) in [5.74, 6) is 2.01. The Morgan fingerprint density at radius 3 is 2.56 bits per heavy atom. The number of methoxy groups -OCH3 is 2. The highest BCUT2D eigenvalue weighted by Crippen LogP contribution is 2.30. The van der Waals surface area contributed by atoms with Gasteiger partial charge in [0.05, 0.1) is 26.5 Å². The van der Waals surface area contributed by atoms with E-state index in [4.69, 9.17) is 15.2 Å². The van der Waals surface area contributed by atoms with Crippen LogP contribution in [0.25, 0.3) is 0 Å². The highest BCUT2D eigenvalue weighted by Gasteiger charge is 2.14. The third-order valence-corrected chi connectivity index (χ3v) is 3.03. The van der Waals surface area contributed by atoms with Crippen LogP contribution in [0.4, 0.5) is 0 Å². The molecule has 3 N–H and O–H groups in total. The van der Waals surface area contributed by atoms with Crippen molar-refractivity contribution in [1.82, 2.24) is 9.97 Å². The van der Waals surface area contributed by atoms with Crippen molar-refractivity contribution in [2.24, 2.45) is 5.73 Å². The van der Waals surface area contributed by atoms with Gasteiger partial charge in [0.2, 0.25) is 0 Å². The van der Waals surface area contributed by atoms with Crippen molar-refractivity contribution < 1.29 is 9.47 Å². The van der Waals surface area contributed by atoms with Gasteiger partial charge in [-0.2, -0.15) is 0 Å². The van der Waals surface area contributed by atoms with Gasteiger partial charge in [-0.1, -0.05) is 6.07 Å². The van der Waals surface area contributed by atoms with Gasteiger partial charge in [0.1, 0.15) is 10.4 Å². The Morgan fingerprint density at radius 2 is 2.00 bits per heavy atom. The molecule has 2 aromatic rings. The number of benzene rings is 1. The number of halogens is 1. The lowest BCUT2D eigenvalue weighted by Crippen LogP contribution is -2.13. The van der Waals surface area contributed by atoms with Crippen molar-refractivity contribution >= 4 is 15.9 Å². The van der Waals surface area contributed by atoms with E-state index < -0.39 is 0 Å². The average Bonchev–Trinajstić information content (AvgIpc) is 2.83. The maximum absolute atomic E-state index is 6.13. The number of hydrogen-bond donors (Lipinski definition) is 2. The summed E-state index contributed by atoms with van der Waals surface area (Å²) in [6.07, 6.45) is 1.68. The molecule has 0 spiro atoms. The van der Waals surface area contributed by atoms with E-state index in [0.29, 0.717) is 17.3 Å². The van der Waals surface area contributed by atoms with E-state index in [0.717, 1.165) is 10.2 Å². The molecule has 0 saturated heterocycles. The molecule has 0 aliphatic carbocycles. The Morgan fingerprint density at radius 1 is 1.28 bits per heavy atom. The number of nitrogens with two attached hydrogens (primary N) is 1. The number of H-pyrrole nitrogens is 1. The second-order valence-electron chi connectivity index (χ2n) is 3.71. The van der Waals surface area contributed by atoms with Crippen LogP contribution in [0.5, 0.6) is 11.5 Å². The molecule has 18 heavy (non-hydrogen) atoms. The lowest BCUT2D eigenvalue weighted by atomic mass is 10.1. The monoisotopic (exact) mass is 311 g/mol. The molecule has 0 saturated carbocycles. The molecule has 1 unspecified atom stereocenters. The zero-order chi connectivity index (χ0) is 13.1. The first-order chi connectivity index (χ1) is 8.65. The first kappa shape index (κ1) is 12.9. The normalized spacial score (nSPS) is 12.2. The summed E-state index contributed by atoms with van der Waals surface area (Å²) in [7, 11) is 3.19. The van der Waals surface area contributed by atoms with Crippen LogP contribution in [-0.2, 0) is 0 Å². The summed E-state index contributed by atoms with van der Waals surface area (Å²) in [5, 5.41) is 0. The summed E-state index contributed by atoms with van der Waals surface area (Å²) in [6.45, 7) is 0. The first-order valence-electron chi connectivity index (χ1n) is 5.33. The van der Waals surface area contributed by atoms with Crippen LogP contribution in [0, 0.1) is 0 Å². The standard InChI is InChI=1S/C12H14BrN3O2/c1-17-8-4-3-7(5-9(8)18-2)11(14)12-15-6-10(13)16-12/h3-6,11H,14H2,1-2H3,(H,15,16). The van der Waals surface area contributed by atoms with Crippen LogP contribution in [0.2, 0.25) is 0 Å². The van der Waals surface area contributed by atoms with Crippen LogP contribution in [0.15, 0.2) is 29.0 Å². The highest BCUT2D eigenvalue weighted by atomic mass is 79.9. The number of imidazole rings is 1. The molecule has 0 fully saturated rings. The Bertz CT molecular complexity index is 542. The molecule has 0 aliphatic rings. The molecule has 1 aromatic heterocycles. The maximum atomic E-state index is 6.13. The quantitative estimate of drug-likeness (QED) is 0.908. The van der Waals surface area contributed by atoms with Crippen molar-refractivity contribution in [2.45, 2.75) is 6.04 Å². The number of aromatic nitrogens is 2.